The van der Waals surface area contributed by atoms with Gasteiger partial charge in [0.05, 0.1) is 12.8 Å². The van der Waals surface area contributed by atoms with Gasteiger partial charge in [-0.05, 0) is 24.0 Å². The van der Waals surface area contributed by atoms with Crippen LogP contribution in [0.15, 0.2) is 24.3 Å². The number of imide groups is 2. The number of nitrogens with zero attached hydrogens (tertiary/aromatic N) is 1. The van der Waals surface area contributed by atoms with Crippen molar-refractivity contribution in [2.45, 2.75) is 33.1 Å². The first-order valence-electron chi connectivity index (χ1n) is 9.43. The van der Waals surface area contributed by atoms with E-state index in [9.17, 15) is 24.0 Å². The third kappa shape index (κ3) is 6.70. The SMILES string of the molecule is CC(C)CCNC(=O)NC(=O)COC(=O)CCN1C(=O)Cc2ccccc2C1=O. The quantitative estimate of drug-likeness (QED) is 0.494. The van der Waals surface area contributed by atoms with Gasteiger partial charge in [-0.25, -0.2) is 4.79 Å². The Balaban J connectivity index is 1.72. The van der Waals surface area contributed by atoms with Crippen molar-refractivity contribution in [1.82, 2.24) is 15.5 Å². The molecule has 0 aromatic heterocycles. The maximum Gasteiger partial charge on any atom is 0.321 e. The van der Waals surface area contributed by atoms with E-state index in [1.807, 2.05) is 13.8 Å². The predicted molar refractivity (Wildman–Crippen MR) is 103 cm³/mol. The summed E-state index contributed by atoms with van der Waals surface area (Å²) < 4.78 is 4.80. The molecule has 1 aliphatic heterocycles. The zero-order chi connectivity index (χ0) is 21.4. The molecule has 5 amide bonds. The first-order valence-corrected chi connectivity index (χ1v) is 9.43. The molecule has 0 spiro atoms. The van der Waals surface area contributed by atoms with Crippen LogP contribution in [0.2, 0.25) is 0 Å². The summed E-state index contributed by atoms with van der Waals surface area (Å²) in [5, 5.41) is 4.58. The molecule has 0 saturated heterocycles. The fourth-order valence-electron chi connectivity index (χ4n) is 2.73. The second kappa shape index (κ2) is 10.4. The monoisotopic (exact) mass is 403 g/mol. The molecule has 1 aliphatic rings. The van der Waals surface area contributed by atoms with Gasteiger partial charge in [-0.3, -0.25) is 29.4 Å². The van der Waals surface area contributed by atoms with E-state index in [0.717, 1.165) is 11.3 Å². The van der Waals surface area contributed by atoms with E-state index in [1.165, 1.54) is 0 Å². The Labute approximate surface area is 168 Å². The van der Waals surface area contributed by atoms with Gasteiger partial charge in [0.1, 0.15) is 0 Å². The molecule has 9 nitrogen and oxygen atoms in total. The summed E-state index contributed by atoms with van der Waals surface area (Å²) in [6.45, 7) is 3.68. The van der Waals surface area contributed by atoms with Crippen LogP contribution < -0.4 is 10.6 Å². The summed E-state index contributed by atoms with van der Waals surface area (Å²) in [7, 11) is 0. The van der Waals surface area contributed by atoms with Crippen LogP contribution in [0, 0.1) is 5.92 Å². The van der Waals surface area contributed by atoms with Gasteiger partial charge in [0.25, 0.3) is 11.8 Å². The minimum atomic E-state index is -0.764. The van der Waals surface area contributed by atoms with Crippen molar-refractivity contribution < 1.29 is 28.7 Å². The van der Waals surface area contributed by atoms with Crippen LogP contribution in [0.1, 0.15) is 42.6 Å². The first kappa shape index (κ1) is 22.1. The lowest BCUT2D eigenvalue weighted by Crippen LogP contribution is -2.44. The molecular weight excluding hydrogens is 378 g/mol. The zero-order valence-electron chi connectivity index (χ0n) is 16.5. The molecule has 0 radical (unpaired) electrons. The zero-order valence-corrected chi connectivity index (χ0v) is 16.5. The highest BCUT2D eigenvalue weighted by Gasteiger charge is 2.30. The summed E-state index contributed by atoms with van der Waals surface area (Å²) in [6, 6.07) is 6.15. The van der Waals surface area contributed by atoms with Crippen LogP contribution in [0.25, 0.3) is 0 Å². The van der Waals surface area contributed by atoms with Crippen molar-refractivity contribution >= 4 is 29.7 Å². The topological polar surface area (TPSA) is 122 Å². The van der Waals surface area contributed by atoms with E-state index in [0.29, 0.717) is 23.6 Å². The molecule has 1 aromatic rings. The van der Waals surface area contributed by atoms with Gasteiger partial charge in [-0.2, -0.15) is 0 Å². The molecule has 0 bridgehead atoms. The number of nitrogens with one attached hydrogen (secondary N) is 2. The number of ether oxygens (including phenoxy) is 1. The number of hydrogen-bond acceptors (Lipinski definition) is 6. The van der Waals surface area contributed by atoms with Gasteiger partial charge in [0.2, 0.25) is 5.91 Å². The summed E-state index contributed by atoms with van der Waals surface area (Å²) >= 11 is 0. The maximum atomic E-state index is 12.4. The summed E-state index contributed by atoms with van der Waals surface area (Å²) in [6.07, 6.45) is 0.619. The summed E-state index contributed by atoms with van der Waals surface area (Å²) in [4.78, 5) is 60.5. The average molecular weight is 403 g/mol. The van der Waals surface area contributed by atoms with Crippen LogP contribution in [-0.2, 0) is 25.5 Å². The fourth-order valence-corrected chi connectivity index (χ4v) is 2.73. The van der Waals surface area contributed by atoms with Crippen molar-refractivity contribution in [3.63, 3.8) is 0 Å². The molecule has 0 atom stereocenters. The Bertz CT molecular complexity index is 805. The van der Waals surface area contributed by atoms with Gasteiger partial charge in [0, 0.05) is 18.7 Å². The van der Waals surface area contributed by atoms with Gasteiger partial charge in [-0.1, -0.05) is 32.0 Å². The van der Waals surface area contributed by atoms with Gasteiger partial charge in [-0.15, -0.1) is 0 Å². The van der Waals surface area contributed by atoms with Crippen molar-refractivity contribution in [2.24, 2.45) is 5.92 Å². The van der Waals surface area contributed by atoms with E-state index in [2.05, 4.69) is 10.6 Å². The van der Waals surface area contributed by atoms with Gasteiger partial charge >= 0.3 is 12.0 Å². The molecule has 29 heavy (non-hydrogen) atoms. The molecule has 2 N–H and O–H groups in total. The predicted octanol–water partition coefficient (Wildman–Crippen LogP) is 1.02. The van der Waals surface area contributed by atoms with Crippen molar-refractivity contribution in [1.29, 1.82) is 0 Å². The second-order valence-corrected chi connectivity index (χ2v) is 7.08. The number of rotatable bonds is 8. The van der Waals surface area contributed by atoms with E-state index in [1.54, 1.807) is 24.3 Å². The smallest absolute Gasteiger partial charge is 0.321 e. The number of carbonyl (C=O) groups is 5. The number of amides is 5. The Kier molecular flexibility index (Phi) is 7.88. The molecule has 1 heterocycles. The Hall–Kier alpha value is -3.23. The number of carbonyl (C=O) groups excluding carboxylic acids is 5. The fraction of sp³-hybridized carbons (Fsp3) is 0.450. The highest BCUT2D eigenvalue weighted by Crippen LogP contribution is 2.19. The lowest BCUT2D eigenvalue weighted by atomic mass is 9.98. The second-order valence-electron chi connectivity index (χ2n) is 7.08. The normalized spacial score (nSPS) is 13.1. The summed E-state index contributed by atoms with van der Waals surface area (Å²) in [5.74, 6) is -1.95. The van der Waals surface area contributed by atoms with Gasteiger partial charge < -0.3 is 10.1 Å². The Morgan fingerprint density at radius 1 is 1.17 bits per heavy atom. The van der Waals surface area contributed by atoms with E-state index in [4.69, 9.17) is 4.74 Å². The Morgan fingerprint density at radius 2 is 1.90 bits per heavy atom. The third-order valence-electron chi connectivity index (χ3n) is 4.30. The number of benzene rings is 1. The van der Waals surface area contributed by atoms with Crippen LogP contribution in [0.5, 0.6) is 0 Å². The number of fused-ring (bicyclic) bond motifs is 1. The maximum absolute atomic E-state index is 12.4. The minimum absolute atomic E-state index is 0.0886. The van der Waals surface area contributed by atoms with E-state index >= 15 is 0 Å². The summed E-state index contributed by atoms with van der Waals surface area (Å²) in [5.41, 5.74) is 1.09. The molecule has 2 rings (SSSR count). The molecule has 0 saturated carbocycles. The van der Waals surface area contributed by atoms with E-state index < -0.39 is 36.3 Å². The van der Waals surface area contributed by atoms with Crippen molar-refractivity contribution in [2.75, 3.05) is 19.7 Å². The molecule has 1 aromatic carbocycles. The van der Waals surface area contributed by atoms with Crippen LogP contribution >= 0.6 is 0 Å². The largest absolute Gasteiger partial charge is 0.456 e. The minimum Gasteiger partial charge on any atom is -0.456 e. The molecular formula is C20H25N3O6. The standard InChI is InChI=1S/C20H25N3O6/c1-13(2)7-9-21-20(28)22-16(24)12-29-18(26)8-10-23-17(25)11-14-5-3-4-6-15(14)19(23)27/h3-6,13H,7-12H2,1-2H3,(H2,21,22,24,28). The number of hydrogen-bond donors (Lipinski definition) is 2. The number of urea groups is 1. The average Bonchev–Trinajstić information content (AvgIpc) is 2.66. The molecule has 9 heteroatoms. The lowest BCUT2D eigenvalue weighted by Gasteiger charge is -2.26. The first-order chi connectivity index (χ1) is 13.8. The van der Waals surface area contributed by atoms with Crippen molar-refractivity contribution in [3.8, 4) is 0 Å². The van der Waals surface area contributed by atoms with E-state index in [-0.39, 0.29) is 19.4 Å². The number of esters is 1. The van der Waals surface area contributed by atoms with Gasteiger partial charge in [0.15, 0.2) is 6.61 Å². The van der Waals surface area contributed by atoms with Crippen LogP contribution in [-0.4, -0.2) is 54.3 Å². The third-order valence-corrected chi connectivity index (χ3v) is 4.30. The van der Waals surface area contributed by atoms with Crippen LogP contribution in [0.3, 0.4) is 0 Å². The highest BCUT2D eigenvalue weighted by molar-refractivity contribution is 6.09. The molecule has 0 unspecified atom stereocenters. The molecule has 156 valence electrons. The molecule has 0 aliphatic carbocycles. The molecule has 0 fully saturated rings. The van der Waals surface area contributed by atoms with Crippen LogP contribution in [0.4, 0.5) is 4.79 Å². The lowest BCUT2D eigenvalue weighted by molar-refractivity contribution is -0.148. The Morgan fingerprint density at radius 3 is 2.62 bits per heavy atom. The van der Waals surface area contributed by atoms with Crippen molar-refractivity contribution in [3.05, 3.63) is 35.4 Å². The highest BCUT2D eigenvalue weighted by atomic mass is 16.5.